The molecular formula is C15H22O. The van der Waals surface area contributed by atoms with Crippen molar-refractivity contribution in [2.24, 2.45) is 5.92 Å². The summed E-state index contributed by atoms with van der Waals surface area (Å²) in [6.07, 6.45) is 6.55. The molecule has 1 rings (SSSR count). The highest BCUT2D eigenvalue weighted by molar-refractivity contribution is 5.36. The van der Waals surface area contributed by atoms with Gasteiger partial charge >= 0.3 is 0 Å². The van der Waals surface area contributed by atoms with E-state index >= 15 is 0 Å². The van der Waals surface area contributed by atoms with E-state index < -0.39 is 0 Å². The van der Waals surface area contributed by atoms with Crippen LogP contribution in [0.15, 0.2) is 30.4 Å². The molecule has 0 amide bonds. The summed E-state index contributed by atoms with van der Waals surface area (Å²) in [4.78, 5) is 0. The SMILES string of the molecule is C/C=C\C(C)Cc1ccc(OC)cc1CC. The molecule has 0 aliphatic rings. The molecule has 0 aliphatic carbocycles. The predicted octanol–water partition coefficient (Wildman–Crippen LogP) is 4.01. The quantitative estimate of drug-likeness (QED) is 0.678. The molecule has 0 aromatic heterocycles. The first-order valence-corrected chi connectivity index (χ1v) is 5.99. The van der Waals surface area contributed by atoms with Crippen LogP contribution in [0.5, 0.6) is 5.75 Å². The molecule has 1 unspecified atom stereocenters. The minimum atomic E-state index is 0.601. The van der Waals surface area contributed by atoms with Gasteiger partial charge in [-0.05, 0) is 48.9 Å². The monoisotopic (exact) mass is 218 g/mol. The van der Waals surface area contributed by atoms with Crippen molar-refractivity contribution >= 4 is 0 Å². The molecule has 0 fully saturated rings. The summed E-state index contributed by atoms with van der Waals surface area (Å²) in [7, 11) is 1.72. The van der Waals surface area contributed by atoms with Crippen LogP contribution in [0.25, 0.3) is 0 Å². The van der Waals surface area contributed by atoms with E-state index in [0.29, 0.717) is 5.92 Å². The second kappa shape index (κ2) is 6.37. The average Bonchev–Trinajstić information content (AvgIpc) is 2.30. The van der Waals surface area contributed by atoms with E-state index in [1.165, 1.54) is 11.1 Å². The van der Waals surface area contributed by atoms with E-state index in [0.717, 1.165) is 18.6 Å². The molecule has 0 bridgehead atoms. The fourth-order valence-corrected chi connectivity index (χ4v) is 2.00. The summed E-state index contributed by atoms with van der Waals surface area (Å²) < 4.78 is 5.25. The summed E-state index contributed by atoms with van der Waals surface area (Å²) in [5.74, 6) is 1.56. The maximum Gasteiger partial charge on any atom is 0.119 e. The van der Waals surface area contributed by atoms with Crippen molar-refractivity contribution in [1.82, 2.24) is 0 Å². The van der Waals surface area contributed by atoms with Crippen LogP contribution in [-0.2, 0) is 12.8 Å². The first-order chi connectivity index (χ1) is 7.71. The molecule has 0 N–H and O–H groups in total. The maximum absolute atomic E-state index is 5.25. The molecule has 1 nitrogen and oxygen atoms in total. The number of hydrogen-bond acceptors (Lipinski definition) is 1. The van der Waals surface area contributed by atoms with Gasteiger partial charge in [0.1, 0.15) is 5.75 Å². The molecule has 88 valence electrons. The fraction of sp³-hybridized carbons (Fsp3) is 0.467. The Bertz CT molecular complexity index is 352. The van der Waals surface area contributed by atoms with Gasteiger partial charge < -0.3 is 4.74 Å². The summed E-state index contributed by atoms with van der Waals surface area (Å²) in [5, 5.41) is 0. The molecule has 0 saturated heterocycles. The number of allylic oxidation sites excluding steroid dienone is 2. The van der Waals surface area contributed by atoms with Gasteiger partial charge in [-0.25, -0.2) is 0 Å². The van der Waals surface area contributed by atoms with Gasteiger partial charge in [0.25, 0.3) is 0 Å². The van der Waals surface area contributed by atoms with Gasteiger partial charge in [-0.15, -0.1) is 0 Å². The molecule has 0 aliphatic heterocycles. The summed E-state index contributed by atoms with van der Waals surface area (Å²) >= 11 is 0. The Hall–Kier alpha value is -1.24. The average molecular weight is 218 g/mol. The van der Waals surface area contributed by atoms with Crippen molar-refractivity contribution in [3.8, 4) is 5.75 Å². The highest BCUT2D eigenvalue weighted by atomic mass is 16.5. The fourth-order valence-electron chi connectivity index (χ4n) is 2.00. The van der Waals surface area contributed by atoms with Gasteiger partial charge in [0.15, 0.2) is 0 Å². The molecule has 1 aromatic rings. The zero-order valence-electron chi connectivity index (χ0n) is 10.8. The molecule has 0 heterocycles. The van der Waals surface area contributed by atoms with Crippen LogP contribution in [-0.4, -0.2) is 7.11 Å². The van der Waals surface area contributed by atoms with Gasteiger partial charge in [-0.1, -0.05) is 32.1 Å². The van der Waals surface area contributed by atoms with E-state index in [1.807, 2.05) is 0 Å². The van der Waals surface area contributed by atoms with E-state index in [1.54, 1.807) is 7.11 Å². The lowest BCUT2D eigenvalue weighted by Gasteiger charge is -2.12. The highest BCUT2D eigenvalue weighted by Crippen LogP contribution is 2.21. The van der Waals surface area contributed by atoms with Crippen molar-refractivity contribution < 1.29 is 4.74 Å². The highest BCUT2D eigenvalue weighted by Gasteiger charge is 2.05. The van der Waals surface area contributed by atoms with E-state index in [2.05, 4.69) is 51.1 Å². The van der Waals surface area contributed by atoms with Crippen molar-refractivity contribution in [2.45, 2.75) is 33.6 Å². The van der Waals surface area contributed by atoms with Crippen LogP contribution in [0.4, 0.5) is 0 Å². The topological polar surface area (TPSA) is 9.23 Å². The molecular weight excluding hydrogens is 196 g/mol. The third kappa shape index (κ3) is 3.41. The Kier molecular flexibility index (Phi) is 5.10. The van der Waals surface area contributed by atoms with Crippen LogP contribution < -0.4 is 4.74 Å². The third-order valence-corrected chi connectivity index (χ3v) is 2.86. The molecule has 1 aromatic carbocycles. The standard InChI is InChI=1S/C15H22O/c1-5-7-12(3)10-14-8-9-15(16-4)11-13(14)6-2/h5,7-9,11-12H,6,10H2,1-4H3/b7-5-. The first-order valence-electron chi connectivity index (χ1n) is 5.99. The van der Waals surface area contributed by atoms with Crippen LogP contribution in [0.3, 0.4) is 0 Å². The second-order valence-electron chi connectivity index (χ2n) is 4.20. The number of benzene rings is 1. The zero-order valence-corrected chi connectivity index (χ0v) is 10.8. The van der Waals surface area contributed by atoms with Crippen LogP contribution in [0, 0.1) is 5.92 Å². The number of rotatable bonds is 5. The molecule has 0 radical (unpaired) electrons. The van der Waals surface area contributed by atoms with Crippen LogP contribution >= 0.6 is 0 Å². The van der Waals surface area contributed by atoms with Crippen LogP contribution in [0.2, 0.25) is 0 Å². The third-order valence-electron chi connectivity index (χ3n) is 2.86. The lowest BCUT2D eigenvalue weighted by atomic mass is 9.95. The molecule has 0 saturated carbocycles. The smallest absolute Gasteiger partial charge is 0.119 e. The number of ether oxygens (including phenoxy) is 1. The lowest BCUT2D eigenvalue weighted by Crippen LogP contribution is -2.00. The maximum atomic E-state index is 5.25. The van der Waals surface area contributed by atoms with Crippen molar-refractivity contribution in [3.63, 3.8) is 0 Å². The largest absolute Gasteiger partial charge is 0.497 e. The van der Waals surface area contributed by atoms with Gasteiger partial charge in [0, 0.05) is 0 Å². The summed E-state index contributed by atoms with van der Waals surface area (Å²) in [5.41, 5.74) is 2.84. The first kappa shape index (κ1) is 12.8. The number of aryl methyl sites for hydroxylation is 1. The van der Waals surface area contributed by atoms with Gasteiger partial charge in [0.05, 0.1) is 7.11 Å². The Morgan fingerprint density at radius 3 is 2.62 bits per heavy atom. The normalized spacial score (nSPS) is 13.0. The van der Waals surface area contributed by atoms with Crippen molar-refractivity contribution in [1.29, 1.82) is 0 Å². The molecule has 1 heteroatoms. The Labute approximate surface area is 99.1 Å². The molecule has 1 atom stereocenters. The summed E-state index contributed by atoms with van der Waals surface area (Å²) in [6, 6.07) is 6.40. The number of methoxy groups -OCH3 is 1. The Balaban J connectivity index is 2.87. The second-order valence-corrected chi connectivity index (χ2v) is 4.20. The van der Waals surface area contributed by atoms with Crippen LogP contribution in [0.1, 0.15) is 31.9 Å². The molecule has 0 spiro atoms. The van der Waals surface area contributed by atoms with Crippen molar-refractivity contribution in [3.05, 3.63) is 41.5 Å². The van der Waals surface area contributed by atoms with Crippen molar-refractivity contribution in [2.75, 3.05) is 7.11 Å². The predicted molar refractivity (Wildman–Crippen MR) is 70.1 cm³/mol. The summed E-state index contributed by atoms with van der Waals surface area (Å²) in [6.45, 7) is 6.52. The Morgan fingerprint density at radius 1 is 1.31 bits per heavy atom. The van der Waals surface area contributed by atoms with Gasteiger partial charge in [-0.2, -0.15) is 0 Å². The van der Waals surface area contributed by atoms with E-state index in [9.17, 15) is 0 Å². The minimum Gasteiger partial charge on any atom is -0.497 e. The van der Waals surface area contributed by atoms with Gasteiger partial charge in [0.2, 0.25) is 0 Å². The minimum absolute atomic E-state index is 0.601. The molecule has 16 heavy (non-hydrogen) atoms. The Morgan fingerprint density at radius 2 is 2.06 bits per heavy atom. The van der Waals surface area contributed by atoms with Gasteiger partial charge in [-0.3, -0.25) is 0 Å². The lowest BCUT2D eigenvalue weighted by molar-refractivity contribution is 0.414. The zero-order chi connectivity index (χ0) is 12.0. The number of hydrogen-bond donors (Lipinski definition) is 0. The van der Waals surface area contributed by atoms with E-state index in [4.69, 9.17) is 4.74 Å². The van der Waals surface area contributed by atoms with E-state index in [-0.39, 0.29) is 0 Å².